The van der Waals surface area contributed by atoms with Crippen molar-refractivity contribution in [2.45, 2.75) is 11.3 Å². The van der Waals surface area contributed by atoms with E-state index in [4.69, 9.17) is 16.3 Å². The van der Waals surface area contributed by atoms with Crippen LogP contribution in [0, 0.1) is 18.8 Å². The highest BCUT2D eigenvalue weighted by atomic mass is 35.5. The number of hydrogen-bond acceptors (Lipinski definition) is 6. The summed E-state index contributed by atoms with van der Waals surface area (Å²) in [5, 5.41) is 9.40. The lowest BCUT2D eigenvalue weighted by atomic mass is 10.2. The molecule has 0 spiro atoms. The number of ether oxygens (including phenoxy) is 1. The largest absolute Gasteiger partial charge is 0.449 e. The number of rotatable bonds is 4. The number of carbonyl (C=O) groups excluding carboxylic acids is 1. The number of aryl methyl sites for hydroxylation is 1. The molecule has 0 amide bonds. The maximum absolute atomic E-state index is 11.7. The van der Waals surface area contributed by atoms with Gasteiger partial charge in [-0.15, -0.1) is 10.2 Å². The normalized spacial score (nSPS) is 9.81. The Morgan fingerprint density at radius 1 is 1.33 bits per heavy atom. The average molecular weight is 339 g/mol. The van der Waals surface area contributed by atoms with Crippen LogP contribution in [0.5, 0.6) is 0 Å². The Morgan fingerprint density at radius 3 is 2.76 bits per heavy atom. The lowest BCUT2D eigenvalue weighted by molar-refractivity contribution is 0.0556. The maximum Gasteiger partial charge on any atom is 0.339 e. The molecule has 1 aromatic heterocycles. The molecule has 0 unspecified atom stereocenters. The van der Waals surface area contributed by atoms with Crippen molar-refractivity contribution in [2.75, 3.05) is 12.4 Å². The minimum absolute atomic E-state index is 0.0666. The Bertz CT molecular complexity index is 674. The van der Waals surface area contributed by atoms with Crippen molar-refractivity contribution in [3.63, 3.8) is 0 Å². The summed E-state index contributed by atoms with van der Waals surface area (Å²) in [6, 6.07) is 6.52. The zero-order valence-electron chi connectivity index (χ0n) is 11.1. The van der Waals surface area contributed by atoms with Gasteiger partial charge in [-0.2, -0.15) is 0 Å². The van der Waals surface area contributed by atoms with Crippen LogP contribution in [0.2, 0.25) is 5.02 Å². The SMILES string of the molecule is Cc1nnc(SCC#CCOC(=O)c2ccc(Cl)cc2)s1. The Balaban J connectivity index is 1.70. The van der Waals surface area contributed by atoms with Gasteiger partial charge in [0.05, 0.1) is 11.3 Å². The van der Waals surface area contributed by atoms with Crippen LogP contribution in [0.15, 0.2) is 28.6 Å². The number of aromatic nitrogens is 2. The van der Waals surface area contributed by atoms with Crippen LogP contribution in [0.25, 0.3) is 0 Å². The number of halogens is 1. The van der Waals surface area contributed by atoms with Crippen LogP contribution in [0.4, 0.5) is 0 Å². The van der Waals surface area contributed by atoms with Crippen LogP contribution < -0.4 is 0 Å². The average Bonchev–Trinajstić information content (AvgIpc) is 2.89. The van der Waals surface area contributed by atoms with Gasteiger partial charge in [-0.3, -0.25) is 0 Å². The van der Waals surface area contributed by atoms with E-state index >= 15 is 0 Å². The van der Waals surface area contributed by atoms with Crippen LogP contribution >= 0.6 is 34.7 Å². The Labute approximate surface area is 135 Å². The lowest BCUT2D eigenvalue weighted by Gasteiger charge is -2.00. The van der Waals surface area contributed by atoms with Crippen LogP contribution in [0.3, 0.4) is 0 Å². The summed E-state index contributed by atoms with van der Waals surface area (Å²) in [5.41, 5.74) is 0.458. The van der Waals surface area contributed by atoms with Gasteiger partial charge in [0.25, 0.3) is 0 Å². The van der Waals surface area contributed by atoms with Gasteiger partial charge in [-0.25, -0.2) is 4.79 Å². The predicted octanol–water partition coefficient (Wildman–Crippen LogP) is 3.45. The van der Waals surface area contributed by atoms with E-state index in [1.165, 1.54) is 23.1 Å². The Kier molecular flexibility index (Phi) is 6.05. The molecule has 2 rings (SSSR count). The van der Waals surface area contributed by atoms with Gasteiger partial charge in [-0.1, -0.05) is 46.5 Å². The lowest BCUT2D eigenvalue weighted by Crippen LogP contribution is -2.04. The molecule has 1 aromatic carbocycles. The number of carbonyl (C=O) groups is 1. The van der Waals surface area contributed by atoms with Crippen molar-refractivity contribution >= 4 is 40.7 Å². The molecule has 21 heavy (non-hydrogen) atoms. The van der Waals surface area contributed by atoms with Crippen molar-refractivity contribution in [1.29, 1.82) is 0 Å². The second kappa shape index (κ2) is 8.03. The minimum Gasteiger partial charge on any atom is -0.449 e. The van der Waals surface area contributed by atoms with E-state index in [0.717, 1.165) is 9.35 Å². The summed E-state index contributed by atoms with van der Waals surface area (Å²) >= 11 is 8.79. The van der Waals surface area contributed by atoms with E-state index in [-0.39, 0.29) is 6.61 Å². The molecule has 0 aliphatic heterocycles. The molecule has 1 heterocycles. The quantitative estimate of drug-likeness (QED) is 0.485. The first-order chi connectivity index (χ1) is 10.1. The van der Waals surface area contributed by atoms with Gasteiger partial charge < -0.3 is 4.74 Å². The van der Waals surface area contributed by atoms with E-state index in [1.807, 2.05) is 6.92 Å². The summed E-state index contributed by atoms with van der Waals surface area (Å²) in [6.07, 6.45) is 0. The third-order valence-corrected chi connectivity index (χ3v) is 4.36. The fourth-order valence-corrected chi connectivity index (χ4v) is 3.02. The first-order valence-electron chi connectivity index (χ1n) is 5.96. The molecule has 0 fully saturated rings. The highest BCUT2D eigenvalue weighted by Crippen LogP contribution is 2.20. The van der Waals surface area contributed by atoms with Crippen LogP contribution in [0.1, 0.15) is 15.4 Å². The zero-order valence-corrected chi connectivity index (χ0v) is 13.5. The molecule has 0 aliphatic rings. The number of thioether (sulfide) groups is 1. The van der Waals surface area contributed by atoms with Gasteiger partial charge >= 0.3 is 5.97 Å². The van der Waals surface area contributed by atoms with Gasteiger partial charge in [0.1, 0.15) is 5.01 Å². The number of benzene rings is 1. The molecule has 0 saturated carbocycles. The highest BCUT2D eigenvalue weighted by molar-refractivity contribution is 8.01. The van der Waals surface area contributed by atoms with Crippen molar-refractivity contribution in [3.8, 4) is 11.8 Å². The molecule has 7 heteroatoms. The summed E-state index contributed by atoms with van der Waals surface area (Å²) in [6.45, 7) is 1.97. The number of nitrogens with zero attached hydrogens (tertiary/aromatic N) is 2. The molecule has 4 nitrogen and oxygen atoms in total. The third-order valence-electron chi connectivity index (χ3n) is 2.26. The molecule has 2 aromatic rings. The van der Waals surface area contributed by atoms with Crippen molar-refractivity contribution in [2.24, 2.45) is 0 Å². The Morgan fingerprint density at radius 2 is 2.10 bits per heavy atom. The number of esters is 1. The van der Waals surface area contributed by atoms with Crippen molar-refractivity contribution < 1.29 is 9.53 Å². The highest BCUT2D eigenvalue weighted by Gasteiger charge is 2.05. The van der Waals surface area contributed by atoms with Gasteiger partial charge in [0.15, 0.2) is 10.9 Å². The van der Waals surface area contributed by atoms with Crippen molar-refractivity contribution in [1.82, 2.24) is 10.2 Å². The monoisotopic (exact) mass is 338 g/mol. The standard InChI is InChI=1S/C14H11ClN2O2S2/c1-10-16-17-14(21-10)20-9-3-2-8-19-13(18)11-4-6-12(15)7-5-11/h4-7H,8-9H2,1H3. The second-order valence-corrected chi connectivity index (χ2v) is 6.65. The van der Waals surface area contributed by atoms with Gasteiger partial charge in [0.2, 0.25) is 0 Å². The first-order valence-corrected chi connectivity index (χ1v) is 8.14. The van der Waals surface area contributed by atoms with E-state index < -0.39 is 5.97 Å². The minimum atomic E-state index is -0.409. The van der Waals surface area contributed by atoms with Crippen molar-refractivity contribution in [3.05, 3.63) is 39.9 Å². The molecule has 0 N–H and O–H groups in total. The molecular weight excluding hydrogens is 328 g/mol. The molecule has 108 valence electrons. The fourth-order valence-electron chi connectivity index (χ4n) is 1.31. The van der Waals surface area contributed by atoms with E-state index in [2.05, 4.69) is 22.0 Å². The third kappa shape index (κ3) is 5.38. The van der Waals surface area contributed by atoms with Gasteiger partial charge in [-0.05, 0) is 31.2 Å². The summed E-state index contributed by atoms with van der Waals surface area (Å²) in [4.78, 5) is 11.7. The molecule has 0 aliphatic carbocycles. The molecule has 0 atom stereocenters. The maximum atomic E-state index is 11.7. The summed E-state index contributed by atoms with van der Waals surface area (Å²) < 4.78 is 5.92. The fraction of sp³-hybridized carbons (Fsp3) is 0.214. The van der Waals surface area contributed by atoms with Gasteiger partial charge in [0, 0.05) is 5.02 Å². The van der Waals surface area contributed by atoms with E-state index in [0.29, 0.717) is 16.3 Å². The van der Waals surface area contributed by atoms with Crippen LogP contribution in [-0.4, -0.2) is 28.5 Å². The first kappa shape index (κ1) is 15.8. The molecule has 0 bridgehead atoms. The smallest absolute Gasteiger partial charge is 0.339 e. The Hall–Kier alpha value is -1.55. The molecule has 0 radical (unpaired) electrons. The second-order valence-electron chi connectivity index (χ2n) is 3.81. The molecule has 0 saturated heterocycles. The predicted molar refractivity (Wildman–Crippen MR) is 84.9 cm³/mol. The summed E-state index contributed by atoms with van der Waals surface area (Å²) in [7, 11) is 0. The molecular formula is C14H11ClN2O2S2. The van der Waals surface area contributed by atoms with Crippen LogP contribution in [-0.2, 0) is 4.74 Å². The number of hydrogen-bond donors (Lipinski definition) is 0. The topological polar surface area (TPSA) is 52.1 Å². The van der Waals surface area contributed by atoms with E-state index in [9.17, 15) is 4.79 Å². The summed E-state index contributed by atoms with van der Waals surface area (Å²) in [5.74, 6) is 5.89. The zero-order chi connectivity index (χ0) is 15.1. The van der Waals surface area contributed by atoms with E-state index in [1.54, 1.807) is 24.3 Å².